The van der Waals surface area contributed by atoms with Crippen molar-refractivity contribution in [3.05, 3.63) is 50.5 Å². The molecule has 0 unspecified atom stereocenters. The number of aromatic nitrogens is 1. The predicted molar refractivity (Wildman–Crippen MR) is 87.1 cm³/mol. The first-order valence-electron chi connectivity index (χ1n) is 6.36. The van der Waals surface area contributed by atoms with E-state index in [4.69, 9.17) is 9.84 Å². The van der Waals surface area contributed by atoms with E-state index in [1.807, 2.05) is 19.1 Å². The fourth-order valence-electron chi connectivity index (χ4n) is 1.79. The highest BCUT2D eigenvalue weighted by Gasteiger charge is 2.11. The van der Waals surface area contributed by atoms with Crippen LogP contribution in [0, 0.1) is 0 Å². The number of aromatic carboxylic acids is 1. The van der Waals surface area contributed by atoms with E-state index in [-0.39, 0.29) is 11.4 Å². The van der Waals surface area contributed by atoms with Gasteiger partial charge in [-0.1, -0.05) is 29.3 Å². The second-order valence-electron chi connectivity index (χ2n) is 4.42. The number of ether oxygens (including phenoxy) is 1. The fourth-order valence-corrected chi connectivity index (χ4v) is 2.92. The molecule has 0 amide bonds. The number of hydrogen-bond acceptors (Lipinski definition) is 3. The van der Waals surface area contributed by atoms with Crippen LogP contribution in [0.15, 0.2) is 39.3 Å². The van der Waals surface area contributed by atoms with Crippen LogP contribution in [0.25, 0.3) is 0 Å². The largest absolute Gasteiger partial charge is 0.478 e. The average Bonchev–Trinajstić information content (AvgIpc) is 2.42. The lowest BCUT2D eigenvalue weighted by Gasteiger charge is -2.09. The van der Waals surface area contributed by atoms with Crippen molar-refractivity contribution in [1.29, 1.82) is 0 Å². The molecule has 0 aliphatic heterocycles. The molecule has 0 bridgehead atoms. The van der Waals surface area contributed by atoms with E-state index in [0.717, 1.165) is 15.4 Å². The topological polar surface area (TPSA) is 59.4 Å². The molecule has 2 rings (SSSR count). The summed E-state index contributed by atoms with van der Waals surface area (Å²) in [7, 11) is 0. The molecule has 21 heavy (non-hydrogen) atoms. The Bertz CT molecular complexity index is 674. The minimum absolute atomic E-state index is 0.177. The SMILES string of the molecule is CCCc1cc(C(=O)O)cc(Oc2ccc(Br)cc2Br)n1. The fraction of sp³-hybridized carbons (Fsp3) is 0.200. The number of carboxylic acid groups (broad SMARTS) is 1. The number of rotatable bonds is 5. The molecule has 4 nitrogen and oxygen atoms in total. The minimum atomic E-state index is -0.991. The smallest absolute Gasteiger partial charge is 0.335 e. The van der Waals surface area contributed by atoms with Gasteiger partial charge in [0.1, 0.15) is 5.75 Å². The zero-order valence-corrected chi connectivity index (χ0v) is 14.4. The summed E-state index contributed by atoms with van der Waals surface area (Å²) in [4.78, 5) is 15.5. The Hall–Kier alpha value is -1.40. The molecular formula is C15H13Br2NO3. The zero-order chi connectivity index (χ0) is 15.4. The summed E-state index contributed by atoms with van der Waals surface area (Å²) in [6.45, 7) is 2.01. The Balaban J connectivity index is 2.36. The van der Waals surface area contributed by atoms with Crippen molar-refractivity contribution in [1.82, 2.24) is 4.98 Å². The van der Waals surface area contributed by atoms with Gasteiger partial charge < -0.3 is 9.84 Å². The third-order valence-electron chi connectivity index (χ3n) is 2.72. The summed E-state index contributed by atoms with van der Waals surface area (Å²) in [6.07, 6.45) is 1.59. The molecule has 1 N–H and O–H groups in total. The molecule has 0 fully saturated rings. The van der Waals surface area contributed by atoms with E-state index in [1.165, 1.54) is 6.07 Å². The normalized spacial score (nSPS) is 10.4. The molecule has 0 aliphatic carbocycles. The summed E-state index contributed by atoms with van der Waals surface area (Å²) < 4.78 is 7.38. The summed E-state index contributed by atoms with van der Waals surface area (Å²) >= 11 is 6.77. The van der Waals surface area contributed by atoms with Crippen LogP contribution < -0.4 is 4.74 Å². The molecule has 0 saturated heterocycles. The molecule has 0 spiro atoms. The number of aryl methyl sites for hydroxylation is 1. The van der Waals surface area contributed by atoms with Crippen LogP contribution in [-0.2, 0) is 6.42 Å². The Morgan fingerprint density at radius 1 is 1.29 bits per heavy atom. The molecule has 0 saturated carbocycles. The van der Waals surface area contributed by atoms with E-state index in [9.17, 15) is 4.79 Å². The van der Waals surface area contributed by atoms with Crippen molar-refractivity contribution in [2.45, 2.75) is 19.8 Å². The van der Waals surface area contributed by atoms with Gasteiger partial charge in [-0.2, -0.15) is 0 Å². The molecule has 6 heteroatoms. The van der Waals surface area contributed by atoms with Gasteiger partial charge in [0.15, 0.2) is 0 Å². The molecule has 0 radical (unpaired) electrons. The van der Waals surface area contributed by atoms with E-state index >= 15 is 0 Å². The summed E-state index contributed by atoms with van der Waals surface area (Å²) in [5, 5.41) is 9.16. The lowest BCUT2D eigenvalue weighted by molar-refractivity contribution is 0.0696. The van der Waals surface area contributed by atoms with Gasteiger partial charge in [-0.25, -0.2) is 9.78 Å². The Morgan fingerprint density at radius 3 is 2.67 bits per heavy atom. The lowest BCUT2D eigenvalue weighted by atomic mass is 10.1. The van der Waals surface area contributed by atoms with Gasteiger partial charge in [-0.05, 0) is 46.6 Å². The monoisotopic (exact) mass is 413 g/mol. The van der Waals surface area contributed by atoms with E-state index in [0.29, 0.717) is 17.9 Å². The van der Waals surface area contributed by atoms with Crippen molar-refractivity contribution in [2.75, 3.05) is 0 Å². The number of benzene rings is 1. The molecular weight excluding hydrogens is 402 g/mol. The van der Waals surface area contributed by atoms with Gasteiger partial charge in [0.05, 0.1) is 10.0 Å². The van der Waals surface area contributed by atoms with Crippen LogP contribution in [0.1, 0.15) is 29.4 Å². The molecule has 1 heterocycles. The molecule has 110 valence electrons. The maximum Gasteiger partial charge on any atom is 0.335 e. The van der Waals surface area contributed by atoms with Gasteiger partial charge in [0.2, 0.25) is 5.88 Å². The van der Waals surface area contributed by atoms with Crippen LogP contribution in [0.3, 0.4) is 0 Å². The van der Waals surface area contributed by atoms with E-state index in [2.05, 4.69) is 36.8 Å². The van der Waals surface area contributed by atoms with Crippen molar-refractivity contribution >= 4 is 37.8 Å². The second kappa shape index (κ2) is 7.04. The highest BCUT2D eigenvalue weighted by molar-refractivity contribution is 9.11. The first-order chi connectivity index (χ1) is 9.99. The molecule has 2 aromatic rings. The Morgan fingerprint density at radius 2 is 2.05 bits per heavy atom. The maximum atomic E-state index is 11.2. The van der Waals surface area contributed by atoms with Crippen LogP contribution in [-0.4, -0.2) is 16.1 Å². The van der Waals surface area contributed by atoms with Crippen molar-refractivity contribution < 1.29 is 14.6 Å². The van der Waals surface area contributed by atoms with Crippen molar-refractivity contribution in [2.24, 2.45) is 0 Å². The number of pyridine rings is 1. The zero-order valence-electron chi connectivity index (χ0n) is 11.3. The third-order valence-corrected chi connectivity index (χ3v) is 3.83. The van der Waals surface area contributed by atoms with E-state index in [1.54, 1.807) is 12.1 Å². The summed E-state index contributed by atoms with van der Waals surface area (Å²) in [6, 6.07) is 8.48. The number of carbonyl (C=O) groups is 1. The molecule has 0 aliphatic rings. The highest BCUT2D eigenvalue weighted by Crippen LogP contribution is 2.31. The summed E-state index contributed by atoms with van der Waals surface area (Å²) in [5.74, 6) is -0.133. The summed E-state index contributed by atoms with van der Waals surface area (Å²) in [5.41, 5.74) is 0.886. The Kier molecular flexibility index (Phi) is 5.36. The average molecular weight is 415 g/mol. The third kappa shape index (κ3) is 4.28. The predicted octanol–water partition coefficient (Wildman–Crippen LogP) is 5.05. The van der Waals surface area contributed by atoms with Gasteiger partial charge in [0.25, 0.3) is 0 Å². The maximum absolute atomic E-state index is 11.2. The number of carboxylic acids is 1. The van der Waals surface area contributed by atoms with Crippen LogP contribution in [0.5, 0.6) is 11.6 Å². The second-order valence-corrected chi connectivity index (χ2v) is 6.19. The Labute approximate surface area is 139 Å². The van der Waals surface area contributed by atoms with Crippen molar-refractivity contribution in [3.8, 4) is 11.6 Å². The lowest BCUT2D eigenvalue weighted by Crippen LogP contribution is -2.02. The minimum Gasteiger partial charge on any atom is -0.478 e. The van der Waals surface area contributed by atoms with Crippen LogP contribution >= 0.6 is 31.9 Å². The number of nitrogens with zero attached hydrogens (tertiary/aromatic N) is 1. The van der Waals surface area contributed by atoms with Crippen molar-refractivity contribution in [3.63, 3.8) is 0 Å². The first-order valence-corrected chi connectivity index (χ1v) is 7.95. The van der Waals surface area contributed by atoms with Gasteiger partial charge in [0, 0.05) is 16.2 Å². The first kappa shape index (κ1) is 16.0. The van der Waals surface area contributed by atoms with E-state index < -0.39 is 5.97 Å². The van der Waals surface area contributed by atoms with Gasteiger partial charge in [-0.15, -0.1) is 0 Å². The molecule has 1 aromatic carbocycles. The molecule has 0 atom stereocenters. The quantitative estimate of drug-likeness (QED) is 0.743. The number of hydrogen-bond donors (Lipinski definition) is 1. The van der Waals surface area contributed by atoms with Gasteiger partial charge in [-0.3, -0.25) is 0 Å². The highest BCUT2D eigenvalue weighted by atomic mass is 79.9. The van der Waals surface area contributed by atoms with Crippen LogP contribution in [0.2, 0.25) is 0 Å². The van der Waals surface area contributed by atoms with Crippen LogP contribution in [0.4, 0.5) is 0 Å². The standard InChI is InChI=1S/C15H13Br2NO3/c1-2-3-11-6-9(15(19)20)7-14(18-11)21-13-5-4-10(16)8-12(13)17/h4-8H,2-3H2,1H3,(H,19,20). The number of halogens is 2. The van der Waals surface area contributed by atoms with Gasteiger partial charge >= 0.3 is 5.97 Å². The molecule has 1 aromatic heterocycles.